The second-order valence-electron chi connectivity index (χ2n) is 44.5. The summed E-state index contributed by atoms with van der Waals surface area (Å²) in [6, 6.07) is 13.6. The number of nitrogens with zero attached hydrogens (tertiary/aromatic N) is 16. The van der Waals surface area contributed by atoms with Crippen LogP contribution < -0.4 is 0 Å². The number of esters is 2. The zero-order chi connectivity index (χ0) is 108. The molecular formula is C105H174N16O25. The maximum atomic E-state index is 14.5. The molecule has 5 aromatic rings. The fraction of sp³-hybridized carbons (Fsp3) is 0.800. The van der Waals surface area contributed by atoms with Crippen LogP contribution in [0, 0.1) is 35.5 Å². The summed E-state index contributed by atoms with van der Waals surface area (Å²) in [4.78, 5) is 50.8. The number of methoxy groups -OCH3 is 2. The van der Waals surface area contributed by atoms with Crippen LogP contribution in [0.2, 0.25) is 0 Å². The van der Waals surface area contributed by atoms with Crippen molar-refractivity contribution in [2.75, 3.05) is 68.6 Å². The number of cyclic esters (lactones) is 2. The van der Waals surface area contributed by atoms with E-state index < -0.39 is 204 Å². The van der Waals surface area contributed by atoms with Gasteiger partial charge in [-0.1, -0.05) is 98.7 Å². The Morgan fingerprint density at radius 1 is 0.514 bits per heavy atom. The molecule has 0 amide bonds. The Kier molecular flexibility index (Phi) is 43.7. The molecule has 2 aromatic carbocycles. The molecule has 2 unspecified atom stereocenters. The van der Waals surface area contributed by atoms with Gasteiger partial charge in [0.15, 0.2) is 31.4 Å². The largest absolute Gasteiger partial charge is 0.459 e. The Hall–Kier alpha value is -7.18. The zero-order valence-corrected chi connectivity index (χ0v) is 91.1. The number of rotatable bonds is 33. The third-order valence-corrected chi connectivity index (χ3v) is 32.0. The Labute approximate surface area is 862 Å². The highest BCUT2D eigenvalue weighted by atomic mass is 16.7. The minimum absolute atomic E-state index is 0.101. The van der Waals surface area contributed by atoms with Crippen LogP contribution in [-0.2, 0) is 105 Å². The molecule has 10 N–H and O–H groups in total. The summed E-state index contributed by atoms with van der Waals surface area (Å²) >= 11 is 0. The van der Waals surface area contributed by atoms with Gasteiger partial charge in [0.25, 0.3) is 0 Å². The Morgan fingerprint density at radius 3 is 1.27 bits per heavy atom. The molecule has 6 aliphatic rings. The highest BCUT2D eigenvalue weighted by Gasteiger charge is 2.57. The van der Waals surface area contributed by atoms with Gasteiger partial charge in [0, 0.05) is 138 Å². The number of carbonyl (C=O) groups is 3. The summed E-state index contributed by atoms with van der Waals surface area (Å²) in [7, 11) is 10.6. The predicted molar refractivity (Wildman–Crippen MR) is 542 cm³/mol. The first-order chi connectivity index (χ1) is 68.7. The molecule has 146 heavy (non-hydrogen) atoms. The molecule has 0 radical (unpaired) electrons. The number of hydrogen-bond donors (Lipinski definition) is 10. The number of ether oxygens (including phenoxy) is 12. The molecule has 6 fully saturated rings. The van der Waals surface area contributed by atoms with Gasteiger partial charge in [0.1, 0.15) is 65.7 Å². The van der Waals surface area contributed by atoms with Crippen molar-refractivity contribution >= 4 is 23.9 Å². The lowest BCUT2D eigenvalue weighted by Crippen LogP contribution is -2.61. The van der Waals surface area contributed by atoms with Crippen LogP contribution in [0.15, 0.2) is 72.2 Å². The topological polar surface area (TPSA) is 518 Å². The number of carbonyl (C=O) groups excluding carboxylic acids is 3. The van der Waals surface area contributed by atoms with Gasteiger partial charge < -0.3 is 128 Å². The predicted octanol–water partition coefficient (Wildman–Crippen LogP) is 8.59. The minimum Gasteiger partial charge on any atom is -0.459 e. The minimum atomic E-state index is -1.84. The van der Waals surface area contributed by atoms with E-state index in [1.54, 1.807) is 94.0 Å². The third-order valence-electron chi connectivity index (χ3n) is 32.0. The summed E-state index contributed by atoms with van der Waals surface area (Å²) in [5.41, 5.74) is 5.30. The van der Waals surface area contributed by atoms with Gasteiger partial charge in [0.05, 0.1) is 106 Å². The number of likely N-dealkylation sites (N-methyl/N-ethyl adjacent to an activating group) is 4. The number of unbranched alkanes of at least 4 members (excludes halogenated alkanes) is 2. The van der Waals surface area contributed by atoms with E-state index in [0.717, 1.165) is 55.6 Å². The van der Waals surface area contributed by atoms with Gasteiger partial charge in [-0.25, -0.2) is 4.68 Å². The molecule has 9 heterocycles. The lowest BCUT2D eigenvalue weighted by Gasteiger charge is -2.49. The molecule has 0 aliphatic carbocycles. The molecule has 0 saturated carbocycles. The summed E-state index contributed by atoms with van der Waals surface area (Å²) in [5.74, 6) is -5.54. The van der Waals surface area contributed by atoms with Crippen molar-refractivity contribution in [1.82, 2.24) is 64.6 Å². The van der Waals surface area contributed by atoms with Crippen LogP contribution in [0.25, 0.3) is 16.1 Å². The second-order valence-corrected chi connectivity index (χ2v) is 44.5. The number of aliphatic hydroxyl groups excluding tert-OH is 6. The Bertz CT molecular complexity index is 4880. The summed E-state index contributed by atoms with van der Waals surface area (Å²) < 4.78 is 81.9. The molecule has 3 aromatic heterocycles. The van der Waals surface area contributed by atoms with Crippen LogP contribution in [0.5, 0.6) is 0 Å². The fourth-order valence-electron chi connectivity index (χ4n) is 22.6. The molecule has 41 nitrogen and oxygen atoms in total. The quantitative estimate of drug-likeness (QED) is 0.00469. The molecule has 36 atom stereocenters. The van der Waals surface area contributed by atoms with Gasteiger partial charge in [-0.05, 0) is 243 Å². The molecule has 0 bridgehead atoms. The first-order valence-electron chi connectivity index (χ1n) is 52.6. The standard InChI is InChI=1S/C54H88N8O13.C51H86N8O12/c1-14-43-54(10,69)47(65)36(6)60(12)28-32(2)26-52(8,68)49(34(4)46(35(5)50(67)73-43)74-44-27-53(9,70-13)48(66)37(7)72-44)75-51-45(64)42(25-33(3)71-51)59(11)24-22-39-29-61(57-55-39)23-16-15-17-38-18-20-41(21-19-38)62-30-40(31-63)56-58-62;1-14-40-51(10,65)44(61)34(6)58(12)28-30(2)26-49(8,64)46(32(4)43(33(5)47(63)69-40)70-41-27-50(9,66-13)45(62)35(7)68-41)71-48-42(60)39(25-31(3)67-48)57(11)24-22-38-29-59(56-54-38)23-16-15-17-36-18-20-37(21-19-36)53-55-52/h18-21,29-37,42-49,51,64-66,68-69H,14-17,22-28H2,1-13H3;18-21,29-35,39-46,48,60-62,64-65H,14-17,22-28H2,1-13H3/t32-,33-,34+,35-,36-,37+,42+,43-,44?,45-,46+,47-,48+,49-,51+,52-,53-,54-;30-,31-,32+,33-,34-,35+,39+,40-,41?,42-,43+,44-,45+,46-,48+,49-,50-,51-/m11/s1. The first-order valence-corrected chi connectivity index (χ1v) is 52.6. The smallest absolute Gasteiger partial charge is 0.311 e. The molecule has 11 rings (SSSR count). The van der Waals surface area contributed by atoms with Gasteiger partial charge in [-0.2, -0.15) is 0 Å². The van der Waals surface area contributed by atoms with Crippen molar-refractivity contribution in [1.29, 1.82) is 0 Å². The molecule has 6 saturated heterocycles. The lowest BCUT2D eigenvalue weighted by atomic mass is 9.77. The monoisotopic (exact) mass is 2060 g/mol. The van der Waals surface area contributed by atoms with E-state index in [-0.39, 0.29) is 68.3 Å². The van der Waals surface area contributed by atoms with E-state index in [2.05, 4.69) is 62.9 Å². The van der Waals surface area contributed by atoms with Gasteiger partial charge in [-0.3, -0.25) is 23.7 Å². The van der Waals surface area contributed by atoms with Crippen LogP contribution in [-0.4, -0.2) is 383 Å². The normalized spacial score (nSPS) is 38.6. The Morgan fingerprint density at radius 2 is 0.904 bits per heavy atom. The number of aldehydes is 1. The van der Waals surface area contributed by atoms with Crippen LogP contribution in [0.4, 0.5) is 5.69 Å². The second kappa shape index (κ2) is 52.9. The van der Waals surface area contributed by atoms with Gasteiger partial charge in [0.2, 0.25) is 0 Å². The highest BCUT2D eigenvalue weighted by Crippen LogP contribution is 2.45. The Balaban J connectivity index is 0.000000300. The third kappa shape index (κ3) is 30.7. The first kappa shape index (κ1) is 121. The maximum absolute atomic E-state index is 14.5. The molecule has 41 heteroatoms. The lowest BCUT2D eigenvalue weighted by molar-refractivity contribution is -0.318. The SMILES string of the molecule is CC[C@H]1OC(=O)[C@H](C)[C@@H](OC2C[C@@](C)(OC)[C@@H](O)[C@H](C)O2)[C@H](C)[C@@H](O[C@@H]2O[C@H](C)C[C@H](N(C)CCc3cn(CCCCc4ccc(-n5cc(C=O)nn5)cc4)nn3)[C@H]2O)[C@](C)(O)C[C@@H](C)CN(C)[C@H](C)[C@@H](O)[C@]1(C)O.CC[C@H]1OC(=O)[C@H](C)[C@@H](OC2C[C@@](C)(OC)[C@@H](O)[C@H](C)O2)[C@H](C)[C@@H](O[C@@H]2O[C@H](C)C[C@H](N(C)CCc3cn(CCCCc4ccc(N=[N+]=[N-])cc4)nn3)[C@H]2O)[C@](C)(O)C[C@@H](C)CN(C)[C@H](C)[C@@H](O)[C@]1(C)O. The number of azide groups is 1. The van der Waals surface area contributed by atoms with Crippen molar-refractivity contribution in [2.24, 2.45) is 40.6 Å². The van der Waals surface area contributed by atoms with Crippen molar-refractivity contribution in [3.8, 4) is 5.69 Å². The molecule has 0 spiro atoms. The van der Waals surface area contributed by atoms with E-state index in [0.29, 0.717) is 76.9 Å². The van der Waals surface area contributed by atoms with Crippen molar-refractivity contribution in [3.05, 3.63) is 106 Å². The number of aliphatic hydroxyl groups is 10. The average molecular weight is 2060 g/mol. The number of hydrogen-bond acceptors (Lipinski definition) is 36. The zero-order valence-electron chi connectivity index (χ0n) is 91.1. The summed E-state index contributed by atoms with van der Waals surface area (Å²) in [6.45, 7) is 38.5. The molecule has 6 aliphatic heterocycles. The van der Waals surface area contributed by atoms with E-state index >= 15 is 0 Å². The summed E-state index contributed by atoms with van der Waals surface area (Å²) in [5, 5.41) is 148. The fourth-order valence-corrected chi connectivity index (χ4v) is 22.6. The van der Waals surface area contributed by atoms with Crippen LogP contribution >= 0.6 is 0 Å². The summed E-state index contributed by atoms with van der Waals surface area (Å²) in [6.07, 6.45) is -5.19. The van der Waals surface area contributed by atoms with Crippen molar-refractivity contribution in [3.63, 3.8) is 0 Å². The van der Waals surface area contributed by atoms with E-state index in [4.69, 9.17) is 62.4 Å². The molecular weight excluding hydrogens is 1890 g/mol. The van der Waals surface area contributed by atoms with Crippen molar-refractivity contribution in [2.45, 2.75) is 435 Å². The van der Waals surface area contributed by atoms with Crippen LogP contribution in [0.1, 0.15) is 249 Å². The number of benzene rings is 2. The van der Waals surface area contributed by atoms with Gasteiger partial charge >= 0.3 is 11.9 Å². The van der Waals surface area contributed by atoms with Crippen molar-refractivity contribution < 1.29 is 122 Å². The number of aromatic nitrogens is 9. The van der Waals surface area contributed by atoms with E-state index in [1.165, 1.54) is 39.2 Å². The average Bonchev–Trinajstić information content (AvgIpc) is 1.04. The van der Waals surface area contributed by atoms with Crippen LogP contribution in [0.3, 0.4) is 0 Å². The highest BCUT2D eigenvalue weighted by molar-refractivity contribution is 5.74. The van der Waals surface area contributed by atoms with E-state index in [9.17, 15) is 65.4 Å². The van der Waals surface area contributed by atoms with E-state index in [1.807, 2.05) is 138 Å². The maximum Gasteiger partial charge on any atom is 0.311 e. The number of aryl methyl sites for hydroxylation is 4. The molecule has 824 valence electrons. The van der Waals surface area contributed by atoms with Gasteiger partial charge in [-0.15, -0.1) is 15.3 Å².